The van der Waals surface area contributed by atoms with E-state index < -0.39 is 10.0 Å². The Morgan fingerprint density at radius 3 is 2.19 bits per heavy atom. The standard InChI is InChI=1S/C35H42N6O4S2/c1-47(44,45)40-30-16-14-28(15-17-30)32-25-46-34(38-32)39-35(43)41(23-8-13-33(42)37-29-18-21-36-22-19-29)24-20-31(26-9-4-2-5-10-26)27-11-6-3-7-12-27/h2-7,9-12,14-17,25,29,31,36,40H,8,13,18-24H2,1H3,(H,37,42)(H,38,39,43). The van der Waals surface area contributed by atoms with Crippen LogP contribution in [0.15, 0.2) is 90.3 Å². The molecule has 1 fully saturated rings. The molecule has 0 aliphatic carbocycles. The van der Waals surface area contributed by atoms with Crippen LogP contribution in [0.1, 0.15) is 49.1 Å². The van der Waals surface area contributed by atoms with E-state index in [9.17, 15) is 18.0 Å². The van der Waals surface area contributed by atoms with Gasteiger partial charge in [-0.05, 0) is 62.0 Å². The minimum Gasteiger partial charge on any atom is -0.353 e. The van der Waals surface area contributed by atoms with Gasteiger partial charge in [0, 0.05) is 48.1 Å². The Hall–Kier alpha value is -4.26. The van der Waals surface area contributed by atoms with Crippen molar-refractivity contribution in [2.75, 3.05) is 42.5 Å². The van der Waals surface area contributed by atoms with Crippen LogP contribution >= 0.6 is 11.3 Å². The second-order valence-electron chi connectivity index (χ2n) is 11.8. The predicted molar refractivity (Wildman–Crippen MR) is 189 cm³/mol. The zero-order chi connectivity index (χ0) is 33.1. The maximum atomic E-state index is 13.7. The molecule has 0 atom stereocenters. The maximum Gasteiger partial charge on any atom is 0.323 e. The zero-order valence-electron chi connectivity index (χ0n) is 26.5. The minimum atomic E-state index is -3.37. The number of piperidine rings is 1. The molecule has 0 unspecified atom stereocenters. The van der Waals surface area contributed by atoms with E-state index in [0.29, 0.717) is 48.9 Å². The van der Waals surface area contributed by atoms with E-state index in [-0.39, 0.29) is 23.9 Å². The van der Waals surface area contributed by atoms with Crippen molar-refractivity contribution in [3.8, 4) is 11.3 Å². The van der Waals surface area contributed by atoms with Crippen LogP contribution < -0.4 is 20.7 Å². The lowest BCUT2D eigenvalue weighted by atomic mass is 9.88. The SMILES string of the molecule is CS(=O)(=O)Nc1ccc(-c2csc(NC(=O)N(CCCC(=O)NC3CCNCC3)CCC(c3ccccc3)c3ccccc3)n2)cc1. The molecule has 12 heteroatoms. The highest BCUT2D eigenvalue weighted by molar-refractivity contribution is 7.92. The summed E-state index contributed by atoms with van der Waals surface area (Å²) in [6, 6.07) is 27.5. The van der Waals surface area contributed by atoms with Gasteiger partial charge >= 0.3 is 6.03 Å². The average Bonchev–Trinajstić information content (AvgIpc) is 3.53. The molecule has 1 aliphatic heterocycles. The topological polar surface area (TPSA) is 133 Å². The number of aromatic nitrogens is 1. The second-order valence-corrected chi connectivity index (χ2v) is 14.4. The van der Waals surface area contributed by atoms with Gasteiger partial charge in [0.15, 0.2) is 5.13 Å². The van der Waals surface area contributed by atoms with Crippen molar-refractivity contribution in [3.63, 3.8) is 0 Å². The normalized spacial score (nSPS) is 13.7. The van der Waals surface area contributed by atoms with Crippen molar-refractivity contribution >= 4 is 44.1 Å². The van der Waals surface area contributed by atoms with E-state index in [1.54, 1.807) is 29.2 Å². The largest absolute Gasteiger partial charge is 0.353 e. The maximum absolute atomic E-state index is 13.7. The molecule has 1 aliphatic rings. The smallest absolute Gasteiger partial charge is 0.323 e. The molecule has 5 rings (SSSR count). The average molecular weight is 675 g/mol. The van der Waals surface area contributed by atoms with Crippen LogP contribution in [-0.4, -0.2) is 68.7 Å². The molecule has 4 aromatic rings. The Morgan fingerprint density at radius 1 is 0.936 bits per heavy atom. The predicted octanol–water partition coefficient (Wildman–Crippen LogP) is 5.89. The molecule has 47 heavy (non-hydrogen) atoms. The van der Waals surface area contributed by atoms with Gasteiger partial charge in [0.25, 0.3) is 0 Å². The van der Waals surface area contributed by atoms with Gasteiger partial charge in [-0.2, -0.15) is 0 Å². The molecule has 3 amide bonds. The van der Waals surface area contributed by atoms with E-state index in [4.69, 9.17) is 0 Å². The number of hydrogen-bond acceptors (Lipinski definition) is 7. The van der Waals surface area contributed by atoms with Crippen LogP contribution in [0.3, 0.4) is 0 Å². The first-order valence-electron chi connectivity index (χ1n) is 15.9. The molecule has 0 saturated carbocycles. The van der Waals surface area contributed by atoms with Crippen LogP contribution in [0.5, 0.6) is 0 Å². The number of nitrogens with zero attached hydrogens (tertiary/aromatic N) is 2. The monoisotopic (exact) mass is 674 g/mol. The lowest BCUT2D eigenvalue weighted by Crippen LogP contribution is -2.43. The molecule has 248 valence electrons. The summed E-state index contributed by atoms with van der Waals surface area (Å²) < 4.78 is 25.5. The lowest BCUT2D eigenvalue weighted by molar-refractivity contribution is -0.122. The fraction of sp³-hybridized carbons (Fsp3) is 0.343. The van der Waals surface area contributed by atoms with Crippen molar-refractivity contribution in [1.29, 1.82) is 0 Å². The fourth-order valence-corrected chi connectivity index (χ4v) is 7.02. The first-order chi connectivity index (χ1) is 22.7. The molecular weight excluding hydrogens is 633 g/mol. The van der Waals surface area contributed by atoms with Crippen molar-refractivity contribution in [2.45, 2.75) is 44.1 Å². The van der Waals surface area contributed by atoms with Gasteiger partial charge in [-0.3, -0.25) is 14.8 Å². The summed E-state index contributed by atoms with van der Waals surface area (Å²) in [6.07, 6.45) is 4.56. The van der Waals surface area contributed by atoms with Crippen LogP contribution in [0.2, 0.25) is 0 Å². The van der Waals surface area contributed by atoms with E-state index in [0.717, 1.165) is 37.8 Å². The van der Waals surface area contributed by atoms with Gasteiger partial charge in [-0.25, -0.2) is 18.2 Å². The summed E-state index contributed by atoms with van der Waals surface area (Å²) in [5.74, 6) is 0.119. The molecule has 10 nitrogen and oxygen atoms in total. The molecule has 0 spiro atoms. The van der Waals surface area contributed by atoms with Crippen LogP contribution in [0, 0.1) is 0 Å². The van der Waals surface area contributed by atoms with Crippen LogP contribution in [0.25, 0.3) is 11.3 Å². The number of sulfonamides is 1. The minimum absolute atomic E-state index is 0.0195. The third-order valence-corrected chi connectivity index (χ3v) is 9.48. The van der Waals surface area contributed by atoms with E-state index in [1.807, 2.05) is 41.8 Å². The van der Waals surface area contributed by atoms with Crippen molar-refractivity contribution in [3.05, 3.63) is 101 Å². The van der Waals surface area contributed by atoms with Crippen LogP contribution in [-0.2, 0) is 14.8 Å². The fourth-order valence-electron chi connectivity index (χ4n) is 5.75. The number of amides is 3. The molecule has 2 heterocycles. The Bertz CT molecular complexity index is 1650. The highest BCUT2D eigenvalue weighted by Gasteiger charge is 2.21. The summed E-state index contributed by atoms with van der Waals surface area (Å²) in [5.41, 5.74) is 4.30. The van der Waals surface area contributed by atoms with Gasteiger partial charge in [-0.15, -0.1) is 11.3 Å². The summed E-state index contributed by atoms with van der Waals surface area (Å²) >= 11 is 1.32. The number of benzene rings is 3. The molecule has 4 N–H and O–H groups in total. The molecule has 3 aromatic carbocycles. The third-order valence-electron chi connectivity index (χ3n) is 8.12. The summed E-state index contributed by atoms with van der Waals surface area (Å²) in [7, 11) is -3.37. The summed E-state index contributed by atoms with van der Waals surface area (Å²) in [5, 5.41) is 11.8. The third kappa shape index (κ3) is 10.6. The molecule has 0 bridgehead atoms. The van der Waals surface area contributed by atoms with Gasteiger partial charge in [0.1, 0.15) is 0 Å². The van der Waals surface area contributed by atoms with E-state index >= 15 is 0 Å². The van der Waals surface area contributed by atoms with Crippen LogP contribution in [0.4, 0.5) is 15.6 Å². The van der Waals surface area contributed by atoms with E-state index in [1.165, 1.54) is 22.5 Å². The number of rotatable bonds is 14. The van der Waals surface area contributed by atoms with Crippen molar-refractivity contribution < 1.29 is 18.0 Å². The number of hydrogen-bond donors (Lipinski definition) is 4. The Kier molecular flexibility index (Phi) is 12.0. The first-order valence-corrected chi connectivity index (χ1v) is 18.7. The number of urea groups is 1. The molecular formula is C35H42N6O4S2. The summed E-state index contributed by atoms with van der Waals surface area (Å²) in [4.78, 5) is 32.9. The van der Waals surface area contributed by atoms with Crippen molar-refractivity contribution in [2.24, 2.45) is 0 Å². The summed E-state index contributed by atoms with van der Waals surface area (Å²) in [6.45, 7) is 2.73. The van der Waals surface area contributed by atoms with Gasteiger partial charge < -0.3 is 15.5 Å². The highest BCUT2D eigenvalue weighted by atomic mass is 32.2. The van der Waals surface area contributed by atoms with Gasteiger partial charge in [-0.1, -0.05) is 72.8 Å². The van der Waals surface area contributed by atoms with Gasteiger partial charge in [0.2, 0.25) is 15.9 Å². The molecule has 1 saturated heterocycles. The number of nitrogens with one attached hydrogen (secondary N) is 4. The quantitative estimate of drug-likeness (QED) is 0.132. The van der Waals surface area contributed by atoms with Gasteiger partial charge in [0.05, 0.1) is 11.9 Å². The second kappa shape index (κ2) is 16.5. The number of carbonyl (C=O) groups is 2. The first kappa shape index (κ1) is 34.1. The number of carbonyl (C=O) groups excluding carboxylic acids is 2. The van der Waals surface area contributed by atoms with Crippen molar-refractivity contribution in [1.82, 2.24) is 20.5 Å². The Labute approximate surface area is 281 Å². The molecule has 1 aromatic heterocycles. The Balaban J connectivity index is 1.26. The highest BCUT2D eigenvalue weighted by Crippen LogP contribution is 2.29. The Morgan fingerprint density at radius 2 is 1.57 bits per heavy atom. The lowest BCUT2D eigenvalue weighted by Gasteiger charge is -2.26. The molecule has 0 radical (unpaired) electrons. The zero-order valence-corrected chi connectivity index (χ0v) is 28.2. The van der Waals surface area contributed by atoms with E-state index in [2.05, 4.69) is 49.9 Å². The number of thiazole rings is 1. The number of anilines is 2.